The van der Waals surface area contributed by atoms with Gasteiger partial charge in [0.05, 0.1) is 12.2 Å². The zero-order chi connectivity index (χ0) is 9.78. The van der Waals surface area contributed by atoms with Gasteiger partial charge in [-0.15, -0.1) is 0 Å². The van der Waals surface area contributed by atoms with Gasteiger partial charge in [0.15, 0.2) is 0 Å². The Morgan fingerprint density at radius 2 is 2.17 bits per heavy atom. The molecule has 72 valence electrons. The van der Waals surface area contributed by atoms with Crippen LogP contribution in [0.2, 0.25) is 0 Å². The maximum Gasteiger partial charge on any atom is 0.302 e. The van der Waals surface area contributed by atoms with Crippen molar-refractivity contribution in [3.05, 3.63) is 0 Å². The Morgan fingerprint density at radius 3 is 2.50 bits per heavy atom. The molecule has 0 aliphatic heterocycles. The monoisotopic (exact) mass is 178 g/mol. The van der Waals surface area contributed by atoms with Crippen molar-refractivity contribution in [2.45, 2.75) is 39.0 Å². The highest BCUT2D eigenvalue weighted by atomic mass is 19.1. The molecule has 0 aromatic carbocycles. The number of alkyl halides is 1. The summed E-state index contributed by atoms with van der Waals surface area (Å²) in [7, 11) is 0. The molecule has 1 atom stereocenters. The highest BCUT2D eigenvalue weighted by Gasteiger charge is 2.26. The van der Waals surface area contributed by atoms with Gasteiger partial charge in [-0.3, -0.25) is 4.79 Å². The van der Waals surface area contributed by atoms with E-state index in [9.17, 15) is 9.18 Å². The average Bonchev–Trinajstić information content (AvgIpc) is 1.84. The summed E-state index contributed by atoms with van der Waals surface area (Å²) in [6.45, 7) is 4.04. The van der Waals surface area contributed by atoms with Gasteiger partial charge in [-0.25, -0.2) is 4.39 Å². The second-order valence-electron chi connectivity index (χ2n) is 3.25. The number of hydrogen-bond acceptors (Lipinski definition) is 3. The Hall–Kier alpha value is -0.640. The highest BCUT2D eigenvalue weighted by Crippen LogP contribution is 2.15. The summed E-state index contributed by atoms with van der Waals surface area (Å²) < 4.78 is 17.4. The molecule has 0 rings (SSSR count). The summed E-state index contributed by atoms with van der Waals surface area (Å²) in [5, 5.41) is 9.14. The van der Waals surface area contributed by atoms with Crippen LogP contribution in [0.1, 0.15) is 27.2 Å². The summed E-state index contributed by atoms with van der Waals surface area (Å²) in [5.74, 6) is -0.432. The van der Waals surface area contributed by atoms with E-state index in [2.05, 4.69) is 4.74 Å². The van der Waals surface area contributed by atoms with Gasteiger partial charge in [0.2, 0.25) is 0 Å². The van der Waals surface area contributed by atoms with Crippen molar-refractivity contribution >= 4 is 5.97 Å². The largest absolute Gasteiger partial charge is 0.466 e. The molecule has 0 aliphatic rings. The summed E-state index contributed by atoms with van der Waals surface area (Å²) in [4.78, 5) is 10.3. The number of carbonyl (C=O) groups excluding carboxylic acids is 1. The molecule has 0 radical (unpaired) electrons. The predicted octanol–water partition coefficient (Wildman–Crippen LogP) is 1.05. The third-order valence-corrected chi connectivity index (χ3v) is 1.44. The van der Waals surface area contributed by atoms with Crippen LogP contribution in [0.25, 0.3) is 0 Å². The van der Waals surface area contributed by atoms with Crippen molar-refractivity contribution < 1.29 is 19.0 Å². The zero-order valence-electron chi connectivity index (χ0n) is 7.63. The number of ether oxygens (including phenoxy) is 1. The van der Waals surface area contributed by atoms with E-state index in [1.165, 1.54) is 20.8 Å². The van der Waals surface area contributed by atoms with Crippen LogP contribution in [-0.4, -0.2) is 29.5 Å². The van der Waals surface area contributed by atoms with Crippen LogP contribution in [-0.2, 0) is 9.53 Å². The molecule has 12 heavy (non-hydrogen) atoms. The smallest absolute Gasteiger partial charge is 0.302 e. The summed E-state index contributed by atoms with van der Waals surface area (Å²) >= 11 is 0. The van der Waals surface area contributed by atoms with E-state index in [-0.39, 0.29) is 13.0 Å². The van der Waals surface area contributed by atoms with Crippen molar-refractivity contribution in [1.82, 2.24) is 0 Å². The van der Waals surface area contributed by atoms with Crippen LogP contribution >= 0.6 is 0 Å². The fourth-order valence-electron chi connectivity index (χ4n) is 0.659. The highest BCUT2D eigenvalue weighted by molar-refractivity contribution is 5.65. The van der Waals surface area contributed by atoms with E-state index in [1.807, 2.05) is 0 Å². The van der Waals surface area contributed by atoms with E-state index in [4.69, 9.17) is 5.11 Å². The summed E-state index contributed by atoms with van der Waals surface area (Å²) in [6.07, 6.45) is -1.33. The molecular weight excluding hydrogens is 163 g/mol. The van der Waals surface area contributed by atoms with Gasteiger partial charge < -0.3 is 9.84 Å². The molecule has 0 heterocycles. The Labute approximate surface area is 71.5 Å². The van der Waals surface area contributed by atoms with Crippen molar-refractivity contribution in [3.63, 3.8) is 0 Å². The van der Waals surface area contributed by atoms with Crippen LogP contribution in [0.4, 0.5) is 4.39 Å². The van der Waals surface area contributed by atoms with Gasteiger partial charge in [-0.1, -0.05) is 0 Å². The second kappa shape index (κ2) is 4.40. The SMILES string of the molecule is CC(=O)OCC[C@@H](F)C(C)(C)O. The molecule has 1 N–H and O–H groups in total. The first-order valence-corrected chi connectivity index (χ1v) is 3.84. The number of aliphatic hydroxyl groups is 1. The number of halogens is 1. The topological polar surface area (TPSA) is 46.5 Å². The molecule has 0 aromatic heterocycles. The number of rotatable bonds is 4. The molecule has 4 heteroatoms. The van der Waals surface area contributed by atoms with Gasteiger partial charge in [0, 0.05) is 13.3 Å². The lowest BCUT2D eigenvalue weighted by atomic mass is 10.0. The normalized spacial score (nSPS) is 14.1. The lowest BCUT2D eigenvalue weighted by Crippen LogP contribution is -2.33. The molecule has 0 spiro atoms. The summed E-state index contributed by atoms with van der Waals surface area (Å²) in [6, 6.07) is 0. The number of hydrogen-bond donors (Lipinski definition) is 1. The van der Waals surface area contributed by atoms with Gasteiger partial charge in [0.25, 0.3) is 0 Å². The average molecular weight is 178 g/mol. The molecular formula is C8H15FO3. The van der Waals surface area contributed by atoms with Crippen LogP contribution in [0.3, 0.4) is 0 Å². The van der Waals surface area contributed by atoms with Crippen LogP contribution in [0.5, 0.6) is 0 Å². The fraction of sp³-hybridized carbons (Fsp3) is 0.875. The minimum atomic E-state index is -1.36. The molecule has 0 bridgehead atoms. The van der Waals surface area contributed by atoms with Gasteiger partial charge in [-0.2, -0.15) is 0 Å². The molecule has 0 unspecified atom stereocenters. The van der Waals surface area contributed by atoms with Crippen molar-refractivity contribution in [1.29, 1.82) is 0 Å². The lowest BCUT2D eigenvalue weighted by Gasteiger charge is -2.21. The van der Waals surface area contributed by atoms with Crippen molar-refractivity contribution in [2.24, 2.45) is 0 Å². The van der Waals surface area contributed by atoms with E-state index in [0.29, 0.717) is 0 Å². The quantitative estimate of drug-likeness (QED) is 0.654. The molecule has 0 amide bonds. The minimum Gasteiger partial charge on any atom is -0.466 e. The van der Waals surface area contributed by atoms with Gasteiger partial charge in [0.1, 0.15) is 6.17 Å². The van der Waals surface area contributed by atoms with Crippen LogP contribution in [0, 0.1) is 0 Å². The van der Waals surface area contributed by atoms with Crippen LogP contribution in [0.15, 0.2) is 0 Å². The standard InChI is InChI=1S/C8H15FO3/c1-6(10)12-5-4-7(9)8(2,3)11/h7,11H,4-5H2,1-3H3/t7-/m1/s1. The third-order valence-electron chi connectivity index (χ3n) is 1.44. The van der Waals surface area contributed by atoms with E-state index in [0.717, 1.165) is 0 Å². The zero-order valence-corrected chi connectivity index (χ0v) is 7.63. The Kier molecular flexibility index (Phi) is 4.17. The Balaban J connectivity index is 3.58. The maximum atomic E-state index is 12.9. The molecule has 0 fully saturated rings. The predicted molar refractivity (Wildman–Crippen MR) is 42.4 cm³/mol. The van der Waals surface area contributed by atoms with Crippen LogP contribution < -0.4 is 0 Å². The van der Waals surface area contributed by atoms with E-state index < -0.39 is 17.7 Å². The molecule has 0 saturated heterocycles. The molecule has 0 aromatic rings. The maximum absolute atomic E-state index is 12.9. The lowest BCUT2D eigenvalue weighted by molar-refractivity contribution is -0.142. The Bertz CT molecular complexity index is 151. The van der Waals surface area contributed by atoms with E-state index >= 15 is 0 Å². The number of esters is 1. The summed E-state index contributed by atoms with van der Waals surface area (Å²) in [5.41, 5.74) is -1.36. The third kappa shape index (κ3) is 5.07. The van der Waals surface area contributed by atoms with Crippen molar-refractivity contribution in [2.75, 3.05) is 6.61 Å². The molecule has 3 nitrogen and oxygen atoms in total. The Morgan fingerprint density at radius 1 is 1.67 bits per heavy atom. The second-order valence-corrected chi connectivity index (χ2v) is 3.25. The minimum absolute atomic E-state index is 0.0144. The van der Waals surface area contributed by atoms with E-state index in [1.54, 1.807) is 0 Å². The van der Waals surface area contributed by atoms with Crippen molar-refractivity contribution in [3.8, 4) is 0 Å². The first-order chi connectivity index (χ1) is 5.34. The number of carbonyl (C=O) groups is 1. The molecule has 0 aliphatic carbocycles. The van der Waals surface area contributed by atoms with Gasteiger partial charge in [-0.05, 0) is 13.8 Å². The molecule has 0 saturated carbocycles. The van der Waals surface area contributed by atoms with Gasteiger partial charge >= 0.3 is 5.97 Å². The fourth-order valence-corrected chi connectivity index (χ4v) is 0.659. The first-order valence-electron chi connectivity index (χ1n) is 3.84. The first kappa shape index (κ1) is 11.4.